The third kappa shape index (κ3) is 2.88. The second-order valence-electron chi connectivity index (χ2n) is 4.37. The molecule has 15 heavy (non-hydrogen) atoms. The quantitative estimate of drug-likeness (QED) is 0.706. The maximum absolute atomic E-state index is 11.9. The van der Waals surface area contributed by atoms with Gasteiger partial charge in [0, 0.05) is 24.4 Å². The van der Waals surface area contributed by atoms with Crippen molar-refractivity contribution in [2.45, 2.75) is 38.5 Å². The maximum atomic E-state index is 11.9. The molecule has 1 fully saturated rings. The molecule has 0 saturated heterocycles. The van der Waals surface area contributed by atoms with E-state index in [1.807, 2.05) is 12.1 Å². The molecular formula is C13H17NO. The largest absolute Gasteiger partial charge is 0.294 e. The first-order chi connectivity index (χ1) is 7.36. The molecule has 0 spiro atoms. The Kier molecular flexibility index (Phi) is 3.49. The van der Waals surface area contributed by atoms with Crippen molar-refractivity contribution >= 4 is 5.78 Å². The van der Waals surface area contributed by atoms with Crippen molar-refractivity contribution in [2.75, 3.05) is 0 Å². The highest BCUT2D eigenvalue weighted by Gasteiger charge is 2.17. The smallest absolute Gasteiger partial charge is 0.163 e. The second-order valence-corrected chi connectivity index (χ2v) is 4.37. The lowest BCUT2D eigenvalue weighted by atomic mass is 9.85. The summed E-state index contributed by atoms with van der Waals surface area (Å²) in [5, 5.41) is 0. The van der Waals surface area contributed by atoms with Crippen molar-refractivity contribution in [2.24, 2.45) is 5.92 Å². The number of ketones is 1. The Balaban J connectivity index is 1.91. The van der Waals surface area contributed by atoms with Gasteiger partial charge in [-0.3, -0.25) is 9.78 Å². The predicted molar refractivity (Wildman–Crippen MR) is 59.8 cm³/mol. The SMILES string of the molecule is O=C(CC1CCCCC1)c1ccncc1. The molecule has 0 amide bonds. The highest BCUT2D eigenvalue weighted by Crippen LogP contribution is 2.27. The minimum atomic E-state index is 0.282. The maximum Gasteiger partial charge on any atom is 0.163 e. The lowest BCUT2D eigenvalue weighted by molar-refractivity contribution is 0.0950. The van der Waals surface area contributed by atoms with Gasteiger partial charge < -0.3 is 0 Å². The molecule has 1 aromatic heterocycles. The summed E-state index contributed by atoms with van der Waals surface area (Å²) in [6.45, 7) is 0. The van der Waals surface area contributed by atoms with Gasteiger partial charge in [-0.2, -0.15) is 0 Å². The van der Waals surface area contributed by atoms with Crippen LogP contribution in [-0.2, 0) is 0 Å². The Morgan fingerprint density at radius 1 is 1.20 bits per heavy atom. The molecule has 0 bridgehead atoms. The van der Waals surface area contributed by atoms with E-state index in [2.05, 4.69) is 4.98 Å². The molecule has 0 unspecified atom stereocenters. The van der Waals surface area contributed by atoms with Crippen LogP contribution in [0.15, 0.2) is 24.5 Å². The zero-order valence-corrected chi connectivity index (χ0v) is 8.98. The van der Waals surface area contributed by atoms with Crippen LogP contribution in [0.2, 0.25) is 0 Å². The predicted octanol–water partition coefficient (Wildman–Crippen LogP) is 3.23. The van der Waals surface area contributed by atoms with Crippen molar-refractivity contribution in [3.8, 4) is 0 Å². The average molecular weight is 203 g/mol. The van der Waals surface area contributed by atoms with Crippen LogP contribution in [0.1, 0.15) is 48.9 Å². The van der Waals surface area contributed by atoms with Gasteiger partial charge in [-0.25, -0.2) is 0 Å². The Bertz CT molecular complexity index is 315. The third-order valence-corrected chi connectivity index (χ3v) is 3.20. The Morgan fingerprint density at radius 2 is 1.87 bits per heavy atom. The van der Waals surface area contributed by atoms with Crippen LogP contribution in [0.4, 0.5) is 0 Å². The van der Waals surface area contributed by atoms with E-state index in [-0.39, 0.29) is 5.78 Å². The average Bonchev–Trinajstić information content (AvgIpc) is 2.31. The summed E-state index contributed by atoms with van der Waals surface area (Å²) in [6, 6.07) is 3.62. The second kappa shape index (κ2) is 5.06. The van der Waals surface area contributed by atoms with Crippen LogP contribution < -0.4 is 0 Å². The van der Waals surface area contributed by atoms with Gasteiger partial charge in [0.05, 0.1) is 0 Å². The molecular weight excluding hydrogens is 186 g/mol. The number of Topliss-reactive ketones (excluding diaryl/α,β-unsaturated/α-hetero) is 1. The van der Waals surface area contributed by atoms with Gasteiger partial charge in [-0.05, 0) is 18.1 Å². The number of rotatable bonds is 3. The van der Waals surface area contributed by atoms with Crippen LogP contribution in [-0.4, -0.2) is 10.8 Å². The number of pyridine rings is 1. The summed E-state index contributed by atoms with van der Waals surface area (Å²) in [5.74, 6) is 0.906. The summed E-state index contributed by atoms with van der Waals surface area (Å²) in [4.78, 5) is 15.8. The number of hydrogen-bond donors (Lipinski definition) is 0. The lowest BCUT2D eigenvalue weighted by Crippen LogP contribution is -2.12. The van der Waals surface area contributed by atoms with Crippen LogP contribution in [0, 0.1) is 5.92 Å². The molecule has 0 aromatic carbocycles. The van der Waals surface area contributed by atoms with Gasteiger partial charge in [0.2, 0.25) is 0 Å². The first kappa shape index (κ1) is 10.3. The molecule has 80 valence electrons. The first-order valence-electron chi connectivity index (χ1n) is 5.79. The fourth-order valence-electron chi connectivity index (χ4n) is 2.31. The number of hydrogen-bond acceptors (Lipinski definition) is 2. The number of aromatic nitrogens is 1. The van der Waals surface area contributed by atoms with Crippen LogP contribution in [0.25, 0.3) is 0 Å². The van der Waals surface area contributed by atoms with Crippen LogP contribution in [0.5, 0.6) is 0 Å². The fraction of sp³-hybridized carbons (Fsp3) is 0.538. The topological polar surface area (TPSA) is 30.0 Å². The van der Waals surface area contributed by atoms with E-state index in [0.29, 0.717) is 5.92 Å². The first-order valence-corrected chi connectivity index (χ1v) is 5.79. The van der Waals surface area contributed by atoms with E-state index in [1.54, 1.807) is 12.4 Å². The van der Waals surface area contributed by atoms with E-state index < -0.39 is 0 Å². The van der Waals surface area contributed by atoms with Crippen LogP contribution >= 0.6 is 0 Å². The van der Waals surface area contributed by atoms with E-state index in [4.69, 9.17) is 0 Å². The van der Waals surface area contributed by atoms with Crippen molar-refractivity contribution in [3.63, 3.8) is 0 Å². The Labute approximate surface area is 90.7 Å². The lowest BCUT2D eigenvalue weighted by Gasteiger charge is -2.20. The molecule has 1 aromatic rings. The van der Waals surface area contributed by atoms with Gasteiger partial charge >= 0.3 is 0 Å². The van der Waals surface area contributed by atoms with Crippen LogP contribution in [0.3, 0.4) is 0 Å². The van der Waals surface area contributed by atoms with E-state index in [9.17, 15) is 4.79 Å². The summed E-state index contributed by atoms with van der Waals surface area (Å²) in [5.41, 5.74) is 0.815. The molecule has 1 heterocycles. The molecule has 0 N–H and O–H groups in total. The standard InChI is InChI=1S/C13H17NO/c15-13(12-6-8-14-9-7-12)10-11-4-2-1-3-5-11/h6-9,11H,1-5,10H2. The Hall–Kier alpha value is -1.18. The molecule has 2 rings (SSSR count). The van der Waals surface area contributed by atoms with E-state index in [1.165, 1.54) is 32.1 Å². The molecule has 0 radical (unpaired) electrons. The minimum absolute atomic E-state index is 0.282. The van der Waals surface area contributed by atoms with Gasteiger partial charge in [0.25, 0.3) is 0 Å². The molecule has 2 heteroatoms. The van der Waals surface area contributed by atoms with Gasteiger partial charge in [0.15, 0.2) is 5.78 Å². The summed E-state index contributed by atoms with van der Waals surface area (Å²) in [6.07, 6.45) is 10.5. The molecule has 0 atom stereocenters. The van der Waals surface area contributed by atoms with E-state index >= 15 is 0 Å². The summed E-state index contributed by atoms with van der Waals surface area (Å²) < 4.78 is 0. The van der Waals surface area contributed by atoms with E-state index in [0.717, 1.165) is 12.0 Å². The van der Waals surface area contributed by atoms with Crippen molar-refractivity contribution in [3.05, 3.63) is 30.1 Å². The van der Waals surface area contributed by atoms with Crippen molar-refractivity contribution < 1.29 is 4.79 Å². The normalized spacial score (nSPS) is 17.6. The number of carbonyl (C=O) groups is 1. The fourth-order valence-corrected chi connectivity index (χ4v) is 2.31. The van der Waals surface area contributed by atoms with Gasteiger partial charge in [0.1, 0.15) is 0 Å². The van der Waals surface area contributed by atoms with Gasteiger partial charge in [-0.15, -0.1) is 0 Å². The molecule has 1 aliphatic rings. The monoisotopic (exact) mass is 203 g/mol. The zero-order valence-electron chi connectivity index (χ0n) is 8.98. The molecule has 1 aliphatic carbocycles. The third-order valence-electron chi connectivity index (χ3n) is 3.20. The molecule has 1 saturated carbocycles. The Morgan fingerprint density at radius 3 is 2.53 bits per heavy atom. The van der Waals surface area contributed by atoms with Crippen molar-refractivity contribution in [1.29, 1.82) is 0 Å². The molecule has 0 aliphatic heterocycles. The highest BCUT2D eigenvalue weighted by molar-refractivity contribution is 5.96. The van der Waals surface area contributed by atoms with Crippen molar-refractivity contribution in [1.82, 2.24) is 4.98 Å². The summed E-state index contributed by atoms with van der Waals surface area (Å²) >= 11 is 0. The molecule has 2 nitrogen and oxygen atoms in total. The minimum Gasteiger partial charge on any atom is -0.294 e. The highest BCUT2D eigenvalue weighted by atomic mass is 16.1. The number of nitrogens with zero attached hydrogens (tertiary/aromatic N) is 1. The van der Waals surface area contributed by atoms with Gasteiger partial charge in [-0.1, -0.05) is 32.1 Å². The summed E-state index contributed by atoms with van der Waals surface area (Å²) in [7, 11) is 0. The number of carbonyl (C=O) groups excluding carboxylic acids is 1. The zero-order chi connectivity index (χ0) is 10.5.